The van der Waals surface area contributed by atoms with Gasteiger partial charge in [0.2, 0.25) is 5.95 Å². The number of Topliss-reactive ketones (excluding diaryl/α,β-unsaturated/α-hetero) is 1. The van der Waals surface area contributed by atoms with Gasteiger partial charge in [-0.25, -0.2) is 4.98 Å². The molecule has 0 spiro atoms. The number of hydrogen-bond donors (Lipinski definition) is 1. The molecule has 1 aromatic carbocycles. The van der Waals surface area contributed by atoms with Crippen molar-refractivity contribution in [3.8, 4) is 17.0 Å². The highest BCUT2D eigenvalue weighted by Gasteiger charge is 2.14. The maximum absolute atomic E-state index is 12.6. The van der Waals surface area contributed by atoms with E-state index in [2.05, 4.69) is 31.2 Å². The molecule has 138 valence electrons. The SMILES string of the molecule is COc1ccc(Br)cc1C(=O)CNc1nc(-c2ccncc2)cc(=O)n1C. The van der Waals surface area contributed by atoms with Gasteiger partial charge in [-0.05, 0) is 30.3 Å². The van der Waals surface area contributed by atoms with E-state index in [1.54, 1.807) is 49.8 Å². The van der Waals surface area contributed by atoms with E-state index in [0.717, 1.165) is 10.0 Å². The van der Waals surface area contributed by atoms with Crippen molar-refractivity contribution in [1.82, 2.24) is 14.5 Å². The van der Waals surface area contributed by atoms with Crippen molar-refractivity contribution >= 4 is 27.7 Å². The molecule has 2 aromatic heterocycles. The minimum atomic E-state index is -0.230. The lowest BCUT2D eigenvalue weighted by Gasteiger charge is -2.12. The number of aromatic nitrogens is 3. The number of ether oxygens (including phenoxy) is 1. The minimum absolute atomic E-state index is 0.0348. The molecule has 0 radical (unpaired) electrons. The molecule has 0 saturated carbocycles. The molecule has 8 heteroatoms. The van der Waals surface area contributed by atoms with E-state index >= 15 is 0 Å². The van der Waals surface area contributed by atoms with Crippen molar-refractivity contribution in [2.45, 2.75) is 0 Å². The zero-order chi connectivity index (χ0) is 19.4. The summed E-state index contributed by atoms with van der Waals surface area (Å²) in [6, 6.07) is 10.2. The molecule has 27 heavy (non-hydrogen) atoms. The summed E-state index contributed by atoms with van der Waals surface area (Å²) in [6.07, 6.45) is 3.26. The van der Waals surface area contributed by atoms with Crippen LogP contribution in [-0.2, 0) is 7.05 Å². The number of halogens is 1. The van der Waals surface area contributed by atoms with Crippen LogP contribution in [0.5, 0.6) is 5.75 Å². The summed E-state index contributed by atoms with van der Waals surface area (Å²) in [6.45, 7) is -0.0348. The molecule has 0 fully saturated rings. The third-order valence-corrected chi connectivity index (χ3v) is 4.47. The van der Waals surface area contributed by atoms with Gasteiger partial charge in [-0.2, -0.15) is 0 Å². The Kier molecular flexibility index (Phi) is 5.66. The number of nitrogens with one attached hydrogen (secondary N) is 1. The largest absolute Gasteiger partial charge is 0.496 e. The predicted octanol–water partition coefficient (Wildman–Crippen LogP) is 2.91. The number of ketones is 1. The smallest absolute Gasteiger partial charge is 0.255 e. The molecular formula is C19H17BrN4O3. The van der Waals surface area contributed by atoms with Crippen LogP contribution < -0.4 is 15.6 Å². The first-order valence-corrected chi connectivity index (χ1v) is 8.88. The normalized spacial score (nSPS) is 10.5. The molecule has 7 nitrogen and oxygen atoms in total. The van der Waals surface area contributed by atoms with Crippen LogP contribution in [-0.4, -0.2) is 34.0 Å². The van der Waals surface area contributed by atoms with Crippen LogP contribution in [0.2, 0.25) is 0 Å². The van der Waals surface area contributed by atoms with Gasteiger partial charge in [-0.15, -0.1) is 0 Å². The summed E-state index contributed by atoms with van der Waals surface area (Å²) in [5.74, 6) is 0.603. The van der Waals surface area contributed by atoms with Crippen molar-refractivity contribution in [3.63, 3.8) is 0 Å². The molecular weight excluding hydrogens is 412 g/mol. The first kappa shape index (κ1) is 18.8. The predicted molar refractivity (Wildman–Crippen MR) is 106 cm³/mol. The monoisotopic (exact) mass is 428 g/mol. The van der Waals surface area contributed by atoms with E-state index in [9.17, 15) is 9.59 Å². The molecule has 0 bridgehead atoms. The van der Waals surface area contributed by atoms with Crippen molar-refractivity contribution in [1.29, 1.82) is 0 Å². The number of anilines is 1. The van der Waals surface area contributed by atoms with Gasteiger partial charge in [-0.3, -0.25) is 19.1 Å². The third-order valence-electron chi connectivity index (χ3n) is 3.98. The van der Waals surface area contributed by atoms with Crippen LogP contribution >= 0.6 is 15.9 Å². The second-order valence-electron chi connectivity index (χ2n) is 5.72. The van der Waals surface area contributed by atoms with Gasteiger partial charge in [0.05, 0.1) is 24.9 Å². The Morgan fingerprint density at radius 1 is 1.22 bits per heavy atom. The zero-order valence-corrected chi connectivity index (χ0v) is 16.4. The van der Waals surface area contributed by atoms with Gasteiger partial charge < -0.3 is 10.1 Å². The molecule has 0 aliphatic rings. The average Bonchev–Trinajstić information content (AvgIpc) is 2.69. The Hall–Kier alpha value is -3.00. The number of rotatable bonds is 6. The van der Waals surface area contributed by atoms with Crippen LogP contribution in [0.4, 0.5) is 5.95 Å². The van der Waals surface area contributed by atoms with E-state index in [4.69, 9.17) is 4.74 Å². The lowest BCUT2D eigenvalue weighted by Crippen LogP contribution is -2.24. The molecule has 3 aromatic rings. The van der Waals surface area contributed by atoms with E-state index in [-0.39, 0.29) is 17.9 Å². The average molecular weight is 429 g/mol. The van der Waals surface area contributed by atoms with E-state index < -0.39 is 0 Å². The highest BCUT2D eigenvalue weighted by molar-refractivity contribution is 9.10. The summed E-state index contributed by atoms with van der Waals surface area (Å²) in [5.41, 5.74) is 1.49. The van der Waals surface area contributed by atoms with Crippen LogP contribution in [0.1, 0.15) is 10.4 Å². The van der Waals surface area contributed by atoms with Gasteiger partial charge in [-0.1, -0.05) is 15.9 Å². The fraction of sp³-hybridized carbons (Fsp3) is 0.158. The van der Waals surface area contributed by atoms with Crippen LogP contribution in [0.25, 0.3) is 11.3 Å². The van der Waals surface area contributed by atoms with Crippen molar-refractivity contribution < 1.29 is 9.53 Å². The quantitative estimate of drug-likeness (QED) is 0.607. The second kappa shape index (κ2) is 8.13. The molecule has 1 N–H and O–H groups in total. The molecule has 0 aliphatic carbocycles. The first-order chi connectivity index (χ1) is 13.0. The van der Waals surface area contributed by atoms with Crippen molar-refractivity contribution in [2.75, 3.05) is 19.0 Å². The molecule has 2 heterocycles. The summed E-state index contributed by atoms with van der Waals surface area (Å²) in [7, 11) is 3.11. The fourth-order valence-electron chi connectivity index (χ4n) is 2.52. The Bertz CT molecular complexity index is 1030. The Morgan fingerprint density at radius 3 is 2.67 bits per heavy atom. The Balaban J connectivity index is 1.86. The van der Waals surface area contributed by atoms with Crippen molar-refractivity contribution in [3.05, 3.63) is 69.2 Å². The number of hydrogen-bond acceptors (Lipinski definition) is 6. The maximum Gasteiger partial charge on any atom is 0.255 e. The summed E-state index contributed by atoms with van der Waals surface area (Å²) in [4.78, 5) is 33.3. The molecule has 0 aliphatic heterocycles. The van der Waals surface area contributed by atoms with E-state index in [1.807, 2.05) is 0 Å². The molecule has 0 amide bonds. The third kappa shape index (κ3) is 4.22. The van der Waals surface area contributed by atoms with Gasteiger partial charge in [0.15, 0.2) is 5.78 Å². The fourth-order valence-corrected chi connectivity index (χ4v) is 2.88. The second-order valence-corrected chi connectivity index (χ2v) is 6.64. The first-order valence-electron chi connectivity index (χ1n) is 8.08. The number of carbonyl (C=O) groups is 1. The highest BCUT2D eigenvalue weighted by atomic mass is 79.9. The summed E-state index contributed by atoms with van der Waals surface area (Å²) in [5, 5.41) is 2.95. The lowest BCUT2D eigenvalue weighted by molar-refractivity contribution is 0.100. The number of nitrogens with zero attached hydrogens (tertiary/aromatic N) is 3. The Labute approximate surface area is 164 Å². The maximum atomic E-state index is 12.6. The van der Waals surface area contributed by atoms with Crippen LogP contribution in [0.3, 0.4) is 0 Å². The topological polar surface area (TPSA) is 86.1 Å². The van der Waals surface area contributed by atoms with Gasteiger partial charge >= 0.3 is 0 Å². The molecule has 0 saturated heterocycles. The van der Waals surface area contributed by atoms with Gasteiger partial charge in [0.1, 0.15) is 5.75 Å². The summed E-state index contributed by atoms with van der Waals surface area (Å²) >= 11 is 3.36. The number of benzene rings is 1. The zero-order valence-electron chi connectivity index (χ0n) is 14.8. The van der Waals surface area contributed by atoms with E-state index in [0.29, 0.717) is 23.0 Å². The molecule has 0 unspecified atom stereocenters. The number of methoxy groups -OCH3 is 1. The van der Waals surface area contributed by atoms with Gasteiger partial charge in [0, 0.05) is 35.5 Å². The lowest BCUT2D eigenvalue weighted by atomic mass is 10.1. The number of carbonyl (C=O) groups excluding carboxylic acids is 1. The van der Waals surface area contributed by atoms with E-state index in [1.165, 1.54) is 17.7 Å². The molecule has 3 rings (SSSR count). The van der Waals surface area contributed by atoms with Crippen LogP contribution in [0.15, 0.2) is 58.1 Å². The highest BCUT2D eigenvalue weighted by Crippen LogP contribution is 2.23. The Morgan fingerprint density at radius 2 is 1.96 bits per heavy atom. The standard InChI is InChI=1S/C19H17BrN4O3/c1-24-18(26)10-15(12-5-7-21-8-6-12)23-19(24)22-11-16(25)14-9-13(20)3-4-17(14)27-2/h3-10H,11H2,1-2H3,(H,22,23). The summed E-state index contributed by atoms with van der Waals surface area (Å²) < 4.78 is 7.38. The minimum Gasteiger partial charge on any atom is -0.496 e. The van der Waals surface area contributed by atoms with Crippen molar-refractivity contribution in [2.24, 2.45) is 7.05 Å². The van der Waals surface area contributed by atoms with Gasteiger partial charge in [0.25, 0.3) is 5.56 Å². The molecule has 0 atom stereocenters. The van der Waals surface area contributed by atoms with Crippen LogP contribution in [0, 0.1) is 0 Å². The number of pyridine rings is 1.